The summed E-state index contributed by atoms with van der Waals surface area (Å²) in [6.07, 6.45) is 3.80. The fourth-order valence-corrected chi connectivity index (χ4v) is 2.57. The molecule has 1 unspecified atom stereocenters. The summed E-state index contributed by atoms with van der Waals surface area (Å²) in [5.41, 5.74) is 0.408. The fraction of sp³-hybridized carbons (Fsp3) is 0.727. The lowest BCUT2D eigenvalue weighted by molar-refractivity contribution is -0.151. The first-order chi connectivity index (χ1) is 7.20. The van der Waals surface area contributed by atoms with E-state index in [-0.39, 0.29) is 12.8 Å². The van der Waals surface area contributed by atoms with Crippen molar-refractivity contribution in [1.29, 1.82) is 0 Å². The zero-order valence-electron chi connectivity index (χ0n) is 9.16. The van der Waals surface area contributed by atoms with E-state index < -0.39 is 0 Å². The summed E-state index contributed by atoms with van der Waals surface area (Å²) >= 11 is 1.95. The SMILES string of the molecule is C=C(C)C(=O)OCOCC1CCCCS1. The van der Waals surface area contributed by atoms with E-state index in [1.54, 1.807) is 6.92 Å². The Balaban J connectivity index is 2.01. The van der Waals surface area contributed by atoms with Gasteiger partial charge in [0, 0.05) is 10.8 Å². The lowest BCUT2D eigenvalue weighted by Gasteiger charge is -2.20. The molecule has 0 radical (unpaired) electrons. The molecule has 15 heavy (non-hydrogen) atoms. The maximum atomic E-state index is 11.0. The molecule has 0 bridgehead atoms. The molecule has 4 heteroatoms. The highest BCUT2D eigenvalue weighted by Crippen LogP contribution is 2.24. The highest BCUT2D eigenvalue weighted by molar-refractivity contribution is 7.99. The Morgan fingerprint density at radius 1 is 1.53 bits per heavy atom. The Hall–Kier alpha value is -0.480. The molecule has 1 heterocycles. The second kappa shape index (κ2) is 6.90. The Bertz CT molecular complexity index is 222. The van der Waals surface area contributed by atoms with Crippen LogP contribution in [0.3, 0.4) is 0 Å². The summed E-state index contributed by atoms with van der Waals surface area (Å²) in [4.78, 5) is 11.0. The maximum Gasteiger partial charge on any atom is 0.335 e. The smallest absolute Gasteiger partial charge is 0.335 e. The first-order valence-electron chi connectivity index (χ1n) is 5.22. The van der Waals surface area contributed by atoms with Gasteiger partial charge in [-0.3, -0.25) is 0 Å². The molecule has 0 spiro atoms. The van der Waals surface area contributed by atoms with E-state index in [1.807, 2.05) is 11.8 Å². The summed E-state index contributed by atoms with van der Waals surface area (Å²) in [6.45, 7) is 5.83. The van der Waals surface area contributed by atoms with Crippen LogP contribution < -0.4 is 0 Å². The molecule has 0 saturated carbocycles. The second-order valence-electron chi connectivity index (χ2n) is 3.69. The molecule has 1 fully saturated rings. The van der Waals surface area contributed by atoms with Crippen LogP contribution in [0.5, 0.6) is 0 Å². The minimum atomic E-state index is -0.383. The standard InChI is InChI=1S/C11H18O3S/c1-9(2)11(12)14-8-13-7-10-5-3-4-6-15-10/h10H,1,3-8H2,2H3. The monoisotopic (exact) mass is 230 g/mol. The van der Waals surface area contributed by atoms with Gasteiger partial charge in [0.15, 0.2) is 6.79 Å². The molecular formula is C11H18O3S. The third-order valence-electron chi connectivity index (χ3n) is 2.20. The van der Waals surface area contributed by atoms with Gasteiger partial charge in [0.05, 0.1) is 6.61 Å². The van der Waals surface area contributed by atoms with E-state index >= 15 is 0 Å². The molecule has 0 aromatic rings. The lowest BCUT2D eigenvalue weighted by atomic mass is 10.2. The molecule has 0 aliphatic carbocycles. The van der Waals surface area contributed by atoms with Gasteiger partial charge in [-0.15, -0.1) is 0 Å². The summed E-state index contributed by atoms with van der Waals surface area (Å²) in [6, 6.07) is 0. The van der Waals surface area contributed by atoms with Crippen molar-refractivity contribution >= 4 is 17.7 Å². The molecule has 0 aromatic heterocycles. The van der Waals surface area contributed by atoms with Gasteiger partial charge < -0.3 is 9.47 Å². The van der Waals surface area contributed by atoms with Crippen LogP contribution in [0.4, 0.5) is 0 Å². The van der Waals surface area contributed by atoms with Crippen molar-refractivity contribution in [3.63, 3.8) is 0 Å². The van der Waals surface area contributed by atoms with Crippen LogP contribution >= 0.6 is 11.8 Å². The average Bonchev–Trinajstić information content (AvgIpc) is 2.25. The molecule has 86 valence electrons. The Labute approximate surface area is 95.2 Å². The summed E-state index contributed by atoms with van der Waals surface area (Å²) < 4.78 is 10.1. The van der Waals surface area contributed by atoms with Crippen LogP contribution in [0.15, 0.2) is 12.2 Å². The van der Waals surface area contributed by atoms with E-state index in [0.29, 0.717) is 17.4 Å². The number of rotatable bonds is 5. The third-order valence-corrected chi connectivity index (χ3v) is 3.57. The van der Waals surface area contributed by atoms with Crippen LogP contribution in [-0.4, -0.2) is 30.4 Å². The van der Waals surface area contributed by atoms with E-state index in [0.717, 1.165) is 0 Å². The lowest BCUT2D eigenvalue weighted by Crippen LogP contribution is -2.18. The Morgan fingerprint density at radius 2 is 2.33 bits per heavy atom. The molecular weight excluding hydrogens is 212 g/mol. The van der Waals surface area contributed by atoms with Crippen molar-refractivity contribution < 1.29 is 14.3 Å². The number of hydrogen-bond acceptors (Lipinski definition) is 4. The van der Waals surface area contributed by atoms with Crippen molar-refractivity contribution in [1.82, 2.24) is 0 Å². The van der Waals surface area contributed by atoms with Crippen LogP contribution in [0, 0.1) is 0 Å². The molecule has 1 aliphatic rings. The van der Waals surface area contributed by atoms with Gasteiger partial charge in [-0.2, -0.15) is 11.8 Å². The van der Waals surface area contributed by atoms with Crippen molar-refractivity contribution in [2.45, 2.75) is 31.4 Å². The summed E-state index contributed by atoms with van der Waals surface area (Å²) in [7, 11) is 0. The number of esters is 1. The topological polar surface area (TPSA) is 35.5 Å². The minimum absolute atomic E-state index is 0.0444. The van der Waals surface area contributed by atoms with Gasteiger partial charge in [0.1, 0.15) is 0 Å². The minimum Gasteiger partial charge on any atom is -0.435 e. The Kier molecular flexibility index (Phi) is 5.79. The highest BCUT2D eigenvalue weighted by Gasteiger charge is 2.14. The van der Waals surface area contributed by atoms with Crippen LogP contribution in [0.1, 0.15) is 26.2 Å². The molecule has 1 atom stereocenters. The molecule has 1 rings (SSSR count). The quantitative estimate of drug-likeness (QED) is 0.314. The van der Waals surface area contributed by atoms with E-state index in [1.165, 1.54) is 25.0 Å². The summed E-state index contributed by atoms with van der Waals surface area (Å²) in [5, 5.41) is 0.572. The average molecular weight is 230 g/mol. The van der Waals surface area contributed by atoms with Crippen molar-refractivity contribution in [3.8, 4) is 0 Å². The van der Waals surface area contributed by atoms with E-state index in [4.69, 9.17) is 9.47 Å². The number of ether oxygens (including phenoxy) is 2. The van der Waals surface area contributed by atoms with Crippen LogP contribution in [0.2, 0.25) is 0 Å². The van der Waals surface area contributed by atoms with Gasteiger partial charge in [-0.05, 0) is 25.5 Å². The molecule has 0 N–H and O–H groups in total. The van der Waals surface area contributed by atoms with Gasteiger partial charge in [0.25, 0.3) is 0 Å². The maximum absolute atomic E-state index is 11.0. The molecule has 0 amide bonds. The fourth-order valence-electron chi connectivity index (χ4n) is 1.34. The van der Waals surface area contributed by atoms with Crippen LogP contribution in [0.25, 0.3) is 0 Å². The third kappa shape index (κ3) is 5.23. The number of hydrogen-bond donors (Lipinski definition) is 0. The zero-order chi connectivity index (χ0) is 11.1. The van der Waals surface area contributed by atoms with E-state index in [2.05, 4.69) is 6.58 Å². The molecule has 0 aromatic carbocycles. The second-order valence-corrected chi connectivity index (χ2v) is 5.10. The predicted octanol–water partition coefficient (Wildman–Crippen LogP) is 2.37. The van der Waals surface area contributed by atoms with Crippen molar-refractivity contribution in [2.75, 3.05) is 19.2 Å². The normalized spacial score (nSPS) is 21.0. The van der Waals surface area contributed by atoms with Crippen molar-refractivity contribution in [3.05, 3.63) is 12.2 Å². The van der Waals surface area contributed by atoms with Crippen molar-refractivity contribution in [2.24, 2.45) is 0 Å². The van der Waals surface area contributed by atoms with Gasteiger partial charge in [-0.25, -0.2) is 4.79 Å². The summed E-state index contributed by atoms with van der Waals surface area (Å²) in [5.74, 6) is 0.839. The number of carbonyl (C=O) groups is 1. The molecule has 1 aliphatic heterocycles. The number of thioether (sulfide) groups is 1. The van der Waals surface area contributed by atoms with Gasteiger partial charge in [0.2, 0.25) is 0 Å². The first kappa shape index (κ1) is 12.6. The van der Waals surface area contributed by atoms with Gasteiger partial charge >= 0.3 is 5.97 Å². The largest absolute Gasteiger partial charge is 0.435 e. The van der Waals surface area contributed by atoms with E-state index in [9.17, 15) is 4.79 Å². The zero-order valence-corrected chi connectivity index (χ0v) is 9.98. The van der Waals surface area contributed by atoms with Gasteiger partial charge in [-0.1, -0.05) is 13.0 Å². The highest BCUT2D eigenvalue weighted by atomic mass is 32.2. The molecule has 3 nitrogen and oxygen atoms in total. The molecule has 1 saturated heterocycles. The number of carbonyl (C=O) groups excluding carboxylic acids is 1. The first-order valence-corrected chi connectivity index (χ1v) is 6.27. The Morgan fingerprint density at radius 3 is 2.93 bits per heavy atom. The van der Waals surface area contributed by atoms with Crippen LogP contribution in [-0.2, 0) is 14.3 Å². The predicted molar refractivity (Wildman–Crippen MR) is 61.8 cm³/mol.